The SMILES string of the molecule is Cc1cc(C(=O)NCC(C)(C)C(O)C(C)C)ccc1-n1cncn1. The van der Waals surface area contributed by atoms with E-state index in [0.717, 1.165) is 11.3 Å². The highest BCUT2D eigenvalue weighted by Crippen LogP contribution is 2.25. The van der Waals surface area contributed by atoms with Crippen molar-refractivity contribution in [1.29, 1.82) is 0 Å². The number of hydrogen-bond donors (Lipinski definition) is 2. The van der Waals surface area contributed by atoms with Gasteiger partial charge in [0.15, 0.2) is 0 Å². The second kappa shape index (κ2) is 7.13. The van der Waals surface area contributed by atoms with Crippen LogP contribution >= 0.6 is 0 Å². The van der Waals surface area contributed by atoms with Gasteiger partial charge in [0, 0.05) is 17.5 Å². The molecule has 0 bridgehead atoms. The minimum atomic E-state index is -0.478. The Kier molecular flexibility index (Phi) is 5.39. The molecule has 6 nitrogen and oxygen atoms in total. The van der Waals surface area contributed by atoms with Gasteiger partial charge in [0.05, 0.1) is 11.8 Å². The summed E-state index contributed by atoms with van der Waals surface area (Å²) < 4.78 is 1.67. The number of aliphatic hydroxyl groups excluding tert-OH is 1. The molecule has 130 valence electrons. The van der Waals surface area contributed by atoms with Crippen LogP contribution in [0.15, 0.2) is 30.9 Å². The van der Waals surface area contributed by atoms with Crippen LogP contribution in [0, 0.1) is 18.3 Å². The number of aliphatic hydroxyl groups is 1. The Hall–Kier alpha value is -2.21. The first-order valence-electron chi connectivity index (χ1n) is 8.14. The number of amides is 1. The largest absolute Gasteiger partial charge is 0.392 e. The van der Waals surface area contributed by atoms with E-state index in [0.29, 0.717) is 12.1 Å². The molecular weight excluding hydrogens is 304 g/mol. The summed E-state index contributed by atoms with van der Waals surface area (Å²) in [7, 11) is 0. The van der Waals surface area contributed by atoms with Gasteiger partial charge in [-0.15, -0.1) is 0 Å². The fourth-order valence-corrected chi connectivity index (χ4v) is 2.80. The number of aromatic nitrogens is 3. The second-order valence-corrected chi connectivity index (χ2v) is 7.20. The minimum Gasteiger partial charge on any atom is -0.392 e. The molecule has 6 heteroatoms. The number of rotatable bonds is 6. The van der Waals surface area contributed by atoms with Crippen LogP contribution in [0.3, 0.4) is 0 Å². The third-order valence-corrected chi connectivity index (χ3v) is 4.26. The molecule has 0 fully saturated rings. The number of carbonyl (C=O) groups excluding carboxylic acids is 1. The minimum absolute atomic E-state index is 0.140. The van der Waals surface area contributed by atoms with E-state index in [1.807, 2.05) is 46.8 Å². The summed E-state index contributed by atoms with van der Waals surface area (Å²) in [6, 6.07) is 5.45. The Balaban J connectivity index is 2.07. The zero-order valence-electron chi connectivity index (χ0n) is 14.9. The van der Waals surface area contributed by atoms with Gasteiger partial charge >= 0.3 is 0 Å². The summed E-state index contributed by atoms with van der Waals surface area (Å²) in [4.78, 5) is 16.3. The maximum Gasteiger partial charge on any atom is 0.251 e. The third-order valence-electron chi connectivity index (χ3n) is 4.26. The van der Waals surface area contributed by atoms with Gasteiger partial charge in [-0.25, -0.2) is 9.67 Å². The zero-order valence-corrected chi connectivity index (χ0v) is 14.9. The lowest BCUT2D eigenvalue weighted by Gasteiger charge is -2.33. The molecule has 2 aromatic rings. The molecule has 0 radical (unpaired) electrons. The molecule has 2 N–H and O–H groups in total. The van der Waals surface area contributed by atoms with Crippen molar-refractivity contribution in [3.63, 3.8) is 0 Å². The molecule has 1 heterocycles. The summed E-state index contributed by atoms with van der Waals surface area (Å²) in [6.07, 6.45) is 2.62. The van der Waals surface area contributed by atoms with Crippen LogP contribution < -0.4 is 5.32 Å². The standard InChI is InChI=1S/C18H26N4O2/c1-12(2)16(23)18(4,5)9-20-17(24)14-6-7-15(13(3)8-14)22-11-19-10-21-22/h6-8,10-12,16,23H,9H2,1-5H3,(H,20,24). The molecule has 0 aliphatic heterocycles. The van der Waals surface area contributed by atoms with Crippen LogP contribution in [0.4, 0.5) is 0 Å². The lowest BCUT2D eigenvalue weighted by atomic mass is 9.80. The zero-order chi connectivity index (χ0) is 17.9. The first-order chi connectivity index (χ1) is 11.2. The van der Waals surface area contributed by atoms with Crippen molar-refractivity contribution in [2.24, 2.45) is 11.3 Å². The van der Waals surface area contributed by atoms with E-state index in [9.17, 15) is 9.90 Å². The second-order valence-electron chi connectivity index (χ2n) is 7.20. The van der Waals surface area contributed by atoms with Crippen molar-refractivity contribution in [2.45, 2.75) is 40.7 Å². The summed E-state index contributed by atoms with van der Waals surface area (Å²) in [5.74, 6) is -0.00613. The Morgan fingerprint density at radius 3 is 2.62 bits per heavy atom. The normalized spacial score (nSPS) is 13.1. The van der Waals surface area contributed by atoms with E-state index in [2.05, 4.69) is 15.4 Å². The van der Waals surface area contributed by atoms with Gasteiger partial charge in [-0.2, -0.15) is 5.10 Å². The van der Waals surface area contributed by atoms with Gasteiger partial charge in [-0.05, 0) is 36.6 Å². The molecule has 1 atom stereocenters. The van der Waals surface area contributed by atoms with E-state index in [1.54, 1.807) is 17.1 Å². The Labute approximate surface area is 142 Å². The van der Waals surface area contributed by atoms with Crippen LogP contribution in [0.25, 0.3) is 5.69 Å². The van der Waals surface area contributed by atoms with Gasteiger partial charge in [0.2, 0.25) is 0 Å². The quantitative estimate of drug-likeness (QED) is 0.852. The third kappa shape index (κ3) is 4.00. The summed E-state index contributed by atoms with van der Waals surface area (Å²) >= 11 is 0. The molecule has 2 rings (SSSR count). The first-order valence-corrected chi connectivity index (χ1v) is 8.14. The molecule has 0 saturated carbocycles. The highest BCUT2D eigenvalue weighted by atomic mass is 16.3. The van der Waals surface area contributed by atoms with Crippen LogP contribution in [0.5, 0.6) is 0 Å². The average Bonchev–Trinajstić information content (AvgIpc) is 3.05. The van der Waals surface area contributed by atoms with E-state index in [4.69, 9.17) is 0 Å². The monoisotopic (exact) mass is 330 g/mol. The Morgan fingerprint density at radius 1 is 1.38 bits per heavy atom. The Bertz CT molecular complexity index is 693. The van der Waals surface area contributed by atoms with Crippen molar-refractivity contribution >= 4 is 5.91 Å². The van der Waals surface area contributed by atoms with Gasteiger partial charge < -0.3 is 10.4 Å². The van der Waals surface area contributed by atoms with Crippen molar-refractivity contribution in [2.75, 3.05) is 6.54 Å². The summed E-state index contributed by atoms with van der Waals surface area (Å²) in [5, 5.41) is 17.3. The van der Waals surface area contributed by atoms with Crippen LogP contribution in [0.1, 0.15) is 43.6 Å². The molecule has 24 heavy (non-hydrogen) atoms. The molecule has 1 aromatic carbocycles. The van der Waals surface area contributed by atoms with Crippen molar-refractivity contribution in [3.05, 3.63) is 42.0 Å². The highest BCUT2D eigenvalue weighted by Gasteiger charge is 2.30. The molecule has 0 aliphatic rings. The molecule has 1 aromatic heterocycles. The number of carbonyl (C=O) groups is 1. The molecular formula is C18H26N4O2. The lowest BCUT2D eigenvalue weighted by Crippen LogP contribution is -2.43. The smallest absolute Gasteiger partial charge is 0.251 e. The summed E-state index contributed by atoms with van der Waals surface area (Å²) in [6.45, 7) is 10.2. The van der Waals surface area contributed by atoms with E-state index in [1.165, 1.54) is 6.33 Å². The topological polar surface area (TPSA) is 80.0 Å². The Morgan fingerprint density at radius 2 is 2.08 bits per heavy atom. The number of hydrogen-bond acceptors (Lipinski definition) is 4. The van der Waals surface area contributed by atoms with Gasteiger partial charge in [0.1, 0.15) is 12.7 Å². The lowest BCUT2D eigenvalue weighted by molar-refractivity contribution is 0.0138. The predicted molar refractivity (Wildman–Crippen MR) is 93.1 cm³/mol. The van der Waals surface area contributed by atoms with E-state index in [-0.39, 0.29) is 17.2 Å². The molecule has 0 aliphatic carbocycles. The van der Waals surface area contributed by atoms with Crippen LogP contribution in [-0.4, -0.2) is 38.4 Å². The number of benzene rings is 1. The van der Waals surface area contributed by atoms with Crippen molar-refractivity contribution in [3.8, 4) is 5.69 Å². The van der Waals surface area contributed by atoms with Crippen LogP contribution in [-0.2, 0) is 0 Å². The fraction of sp³-hybridized carbons (Fsp3) is 0.500. The van der Waals surface area contributed by atoms with E-state index < -0.39 is 6.10 Å². The summed E-state index contributed by atoms with van der Waals surface area (Å²) in [5.41, 5.74) is 2.03. The average molecular weight is 330 g/mol. The number of nitrogens with zero attached hydrogens (tertiary/aromatic N) is 3. The number of aryl methyl sites for hydroxylation is 1. The fourth-order valence-electron chi connectivity index (χ4n) is 2.80. The highest BCUT2D eigenvalue weighted by molar-refractivity contribution is 5.94. The predicted octanol–water partition coefficient (Wildman–Crippen LogP) is 2.35. The molecule has 0 spiro atoms. The van der Waals surface area contributed by atoms with Crippen molar-refractivity contribution < 1.29 is 9.90 Å². The molecule has 1 unspecified atom stereocenters. The number of nitrogens with one attached hydrogen (secondary N) is 1. The maximum atomic E-state index is 12.4. The van der Waals surface area contributed by atoms with E-state index >= 15 is 0 Å². The maximum absolute atomic E-state index is 12.4. The van der Waals surface area contributed by atoms with Gasteiger partial charge in [-0.1, -0.05) is 27.7 Å². The molecule has 1 amide bonds. The van der Waals surface area contributed by atoms with Gasteiger partial charge in [0.25, 0.3) is 5.91 Å². The molecule has 0 saturated heterocycles. The van der Waals surface area contributed by atoms with Gasteiger partial charge in [-0.3, -0.25) is 4.79 Å². The first kappa shape index (κ1) is 18.1. The van der Waals surface area contributed by atoms with Crippen LogP contribution in [0.2, 0.25) is 0 Å². The van der Waals surface area contributed by atoms with Crippen molar-refractivity contribution in [1.82, 2.24) is 20.1 Å².